The van der Waals surface area contributed by atoms with Crippen molar-refractivity contribution in [3.05, 3.63) is 28.9 Å². The van der Waals surface area contributed by atoms with Crippen molar-refractivity contribution >= 4 is 22.7 Å². The van der Waals surface area contributed by atoms with Gasteiger partial charge in [-0.1, -0.05) is 18.5 Å². The van der Waals surface area contributed by atoms with Crippen LogP contribution in [0.3, 0.4) is 0 Å². The Bertz CT molecular complexity index is 526. The van der Waals surface area contributed by atoms with Crippen LogP contribution >= 0.6 is 11.6 Å². The molecule has 1 heterocycles. The molecule has 2 N–H and O–H groups in total. The number of oxazole rings is 1. The molecule has 1 unspecified atom stereocenters. The van der Waals surface area contributed by atoms with Crippen molar-refractivity contribution in [3.63, 3.8) is 0 Å². The van der Waals surface area contributed by atoms with Crippen LogP contribution in [0.1, 0.15) is 31.6 Å². The zero-order valence-corrected chi connectivity index (χ0v) is 10.3. The monoisotopic (exact) mass is 256 g/mol. The van der Waals surface area contributed by atoms with E-state index in [-0.39, 0.29) is 10.9 Å². The van der Waals surface area contributed by atoms with Gasteiger partial charge in [-0.25, -0.2) is 9.37 Å². The second-order valence-corrected chi connectivity index (χ2v) is 4.53. The quantitative estimate of drug-likeness (QED) is 0.911. The zero-order valence-electron chi connectivity index (χ0n) is 9.54. The third-order valence-corrected chi connectivity index (χ3v) is 2.97. The van der Waals surface area contributed by atoms with E-state index in [0.717, 1.165) is 12.8 Å². The van der Waals surface area contributed by atoms with Crippen LogP contribution < -0.4 is 5.73 Å². The number of benzene rings is 1. The van der Waals surface area contributed by atoms with E-state index in [9.17, 15) is 4.39 Å². The number of halogens is 2. The first kappa shape index (κ1) is 12.3. The summed E-state index contributed by atoms with van der Waals surface area (Å²) in [6, 6.07) is 2.55. The summed E-state index contributed by atoms with van der Waals surface area (Å²) in [7, 11) is 0. The molecule has 0 amide bonds. The van der Waals surface area contributed by atoms with E-state index < -0.39 is 5.82 Å². The molecule has 0 aliphatic carbocycles. The third kappa shape index (κ3) is 2.58. The zero-order chi connectivity index (χ0) is 12.4. The molecule has 92 valence electrons. The Balaban J connectivity index is 2.34. The van der Waals surface area contributed by atoms with Crippen LogP contribution in [-0.4, -0.2) is 11.5 Å². The average molecular weight is 257 g/mol. The third-order valence-electron chi connectivity index (χ3n) is 2.69. The summed E-state index contributed by atoms with van der Waals surface area (Å²) in [5.41, 5.74) is 6.36. The van der Waals surface area contributed by atoms with Gasteiger partial charge in [0.15, 0.2) is 11.5 Å². The molecule has 1 aromatic carbocycles. The van der Waals surface area contributed by atoms with Gasteiger partial charge < -0.3 is 10.2 Å². The van der Waals surface area contributed by atoms with Gasteiger partial charge in [0.1, 0.15) is 11.3 Å². The standard InChI is InChI=1S/C12H14ClFN2O/c1-7(3-2-4-15)12-16-10-6-8(14)5-9(13)11(10)17-12/h5-7H,2-4,15H2,1H3. The molecule has 1 atom stereocenters. The van der Waals surface area contributed by atoms with Gasteiger partial charge in [0, 0.05) is 12.0 Å². The Hall–Kier alpha value is -1.13. The summed E-state index contributed by atoms with van der Waals surface area (Å²) in [5, 5.41) is 0.254. The van der Waals surface area contributed by atoms with Gasteiger partial charge >= 0.3 is 0 Å². The van der Waals surface area contributed by atoms with Gasteiger partial charge in [-0.15, -0.1) is 0 Å². The summed E-state index contributed by atoms with van der Waals surface area (Å²) in [5.74, 6) is 0.336. The van der Waals surface area contributed by atoms with Crippen LogP contribution in [-0.2, 0) is 0 Å². The maximum absolute atomic E-state index is 13.1. The van der Waals surface area contributed by atoms with Crippen LogP contribution in [0.5, 0.6) is 0 Å². The molecule has 0 saturated heterocycles. The van der Waals surface area contributed by atoms with E-state index in [1.807, 2.05) is 6.92 Å². The Morgan fingerprint density at radius 2 is 2.29 bits per heavy atom. The van der Waals surface area contributed by atoms with E-state index in [4.69, 9.17) is 21.8 Å². The smallest absolute Gasteiger partial charge is 0.198 e. The highest BCUT2D eigenvalue weighted by Crippen LogP contribution is 2.29. The first-order chi connectivity index (χ1) is 8.11. The Labute approximate surface area is 104 Å². The van der Waals surface area contributed by atoms with Gasteiger partial charge in [0.25, 0.3) is 0 Å². The fourth-order valence-corrected chi connectivity index (χ4v) is 1.97. The van der Waals surface area contributed by atoms with E-state index in [1.54, 1.807) is 0 Å². The lowest BCUT2D eigenvalue weighted by atomic mass is 10.1. The van der Waals surface area contributed by atoms with Crippen molar-refractivity contribution in [1.82, 2.24) is 4.98 Å². The lowest BCUT2D eigenvalue weighted by molar-refractivity contribution is 0.464. The fraction of sp³-hybridized carbons (Fsp3) is 0.417. The largest absolute Gasteiger partial charge is 0.439 e. The maximum Gasteiger partial charge on any atom is 0.198 e. The topological polar surface area (TPSA) is 52.0 Å². The highest BCUT2D eigenvalue weighted by molar-refractivity contribution is 6.34. The average Bonchev–Trinajstić information content (AvgIpc) is 2.69. The maximum atomic E-state index is 13.1. The molecule has 0 spiro atoms. The summed E-state index contributed by atoms with van der Waals surface area (Å²) >= 11 is 5.89. The number of nitrogens with zero attached hydrogens (tertiary/aromatic N) is 1. The van der Waals surface area contributed by atoms with Gasteiger partial charge in [0.05, 0.1) is 5.02 Å². The Morgan fingerprint density at radius 3 is 3.00 bits per heavy atom. The SMILES string of the molecule is CC(CCCN)c1nc2cc(F)cc(Cl)c2o1. The molecule has 5 heteroatoms. The van der Waals surface area contributed by atoms with E-state index in [0.29, 0.717) is 23.5 Å². The minimum atomic E-state index is -0.406. The van der Waals surface area contributed by atoms with Crippen LogP contribution in [0.4, 0.5) is 4.39 Å². The number of aromatic nitrogens is 1. The van der Waals surface area contributed by atoms with Gasteiger partial charge in [0.2, 0.25) is 0 Å². The lowest BCUT2D eigenvalue weighted by Crippen LogP contribution is -2.02. The molecule has 0 aliphatic heterocycles. The molecule has 17 heavy (non-hydrogen) atoms. The molecular weight excluding hydrogens is 243 g/mol. The number of hydrogen-bond donors (Lipinski definition) is 1. The van der Waals surface area contributed by atoms with E-state index in [1.165, 1.54) is 12.1 Å². The highest BCUT2D eigenvalue weighted by Gasteiger charge is 2.15. The first-order valence-corrected chi connectivity index (χ1v) is 5.95. The van der Waals surface area contributed by atoms with Crippen molar-refractivity contribution < 1.29 is 8.81 Å². The van der Waals surface area contributed by atoms with Crippen molar-refractivity contribution in [1.29, 1.82) is 0 Å². The first-order valence-electron chi connectivity index (χ1n) is 5.57. The van der Waals surface area contributed by atoms with Gasteiger partial charge in [-0.05, 0) is 25.5 Å². The van der Waals surface area contributed by atoms with E-state index >= 15 is 0 Å². The lowest BCUT2D eigenvalue weighted by Gasteiger charge is -2.04. The van der Waals surface area contributed by atoms with Crippen molar-refractivity contribution in [2.45, 2.75) is 25.7 Å². The number of nitrogens with two attached hydrogens (primary N) is 1. The van der Waals surface area contributed by atoms with Gasteiger partial charge in [-0.3, -0.25) is 0 Å². The molecular formula is C12H14ClFN2O. The van der Waals surface area contributed by atoms with Crippen LogP contribution in [0.15, 0.2) is 16.5 Å². The molecule has 1 aromatic heterocycles. The van der Waals surface area contributed by atoms with Crippen LogP contribution in [0.2, 0.25) is 5.02 Å². The Morgan fingerprint density at radius 1 is 1.53 bits per heavy atom. The van der Waals surface area contributed by atoms with Crippen molar-refractivity contribution in [2.75, 3.05) is 6.54 Å². The minimum Gasteiger partial charge on any atom is -0.439 e. The van der Waals surface area contributed by atoms with Crippen molar-refractivity contribution in [3.8, 4) is 0 Å². The van der Waals surface area contributed by atoms with Crippen LogP contribution in [0.25, 0.3) is 11.1 Å². The summed E-state index contributed by atoms with van der Waals surface area (Å²) in [6.45, 7) is 2.64. The highest BCUT2D eigenvalue weighted by atomic mass is 35.5. The van der Waals surface area contributed by atoms with Crippen LogP contribution in [0, 0.1) is 5.82 Å². The molecule has 0 fully saturated rings. The summed E-state index contributed by atoms with van der Waals surface area (Å²) in [6.07, 6.45) is 1.80. The Kier molecular flexibility index (Phi) is 3.64. The molecule has 3 nitrogen and oxygen atoms in total. The molecule has 0 bridgehead atoms. The number of rotatable bonds is 4. The molecule has 0 aliphatic rings. The number of hydrogen-bond acceptors (Lipinski definition) is 3. The molecule has 2 aromatic rings. The molecule has 0 radical (unpaired) electrons. The van der Waals surface area contributed by atoms with Crippen molar-refractivity contribution in [2.24, 2.45) is 5.73 Å². The number of fused-ring (bicyclic) bond motifs is 1. The summed E-state index contributed by atoms with van der Waals surface area (Å²) in [4.78, 5) is 4.26. The predicted octanol–water partition coefficient (Wildman–Crippen LogP) is 3.46. The summed E-state index contributed by atoms with van der Waals surface area (Å²) < 4.78 is 18.7. The second-order valence-electron chi connectivity index (χ2n) is 4.12. The predicted molar refractivity (Wildman–Crippen MR) is 65.7 cm³/mol. The van der Waals surface area contributed by atoms with Gasteiger partial charge in [-0.2, -0.15) is 0 Å². The van der Waals surface area contributed by atoms with E-state index in [2.05, 4.69) is 4.98 Å². The molecule has 0 saturated carbocycles. The normalized spacial score (nSPS) is 13.2. The molecule has 2 rings (SSSR count). The fourth-order valence-electron chi connectivity index (χ4n) is 1.74. The minimum absolute atomic E-state index is 0.157. The second kappa shape index (κ2) is 5.02.